The molecule has 1 amide bonds. The van der Waals surface area contributed by atoms with Gasteiger partial charge in [0.1, 0.15) is 5.76 Å². The zero-order valence-electron chi connectivity index (χ0n) is 10.5. The minimum absolute atomic E-state index is 0.274. The van der Waals surface area contributed by atoms with Gasteiger partial charge in [0.25, 0.3) is 0 Å². The Bertz CT molecular complexity index is 386. The van der Waals surface area contributed by atoms with E-state index in [1.165, 1.54) is 6.42 Å². The van der Waals surface area contributed by atoms with Crippen LogP contribution in [0, 0.1) is 3.77 Å². The predicted molar refractivity (Wildman–Crippen MR) is 78.2 cm³/mol. The van der Waals surface area contributed by atoms with Gasteiger partial charge in [0.2, 0.25) is 5.91 Å². The molecule has 0 unspecified atom stereocenters. The van der Waals surface area contributed by atoms with Crippen LogP contribution in [-0.2, 0) is 11.3 Å². The molecule has 0 atom stereocenters. The van der Waals surface area contributed by atoms with Gasteiger partial charge in [-0.25, -0.2) is 0 Å². The number of halogens is 1. The number of likely N-dealkylation sites (tertiary alicyclic amines) is 1. The highest BCUT2D eigenvalue weighted by Crippen LogP contribution is 2.10. The molecule has 2 rings (SSSR count). The van der Waals surface area contributed by atoms with Crippen LogP contribution in [0.15, 0.2) is 16.5 Å². The van der Waals surface area contributed by atoms with E-state index in [9.17, 15) is 4.79 Å². The zero-order chi connectivity index (χ0) is 12.8. The van der Waals surface area contributed by atoms with Crippen molar-refractivity contribution in [3.63, 3.8) is 0 Å². The Labute approximate surface area is 121 Å². The Morgan fingerprint density at radius 3 is 2.78 bits per heavy atom. The topological polar surface area (TPSA) is 45.5 Å². The first-order valence-corrected chi connectivity index (χ1v) is 7.56. The summed E-state index contributed by atoms with van der Waals surface area (Å²) in [6.45, 7) is 3.29. The molecule has 1 aromatic heterocycles. The van der Waals surface area contributed by atoms with Gasteiger partial charge in [-0.15, -0.1) is 0 Å². The van der Waals surface area contributed by atoms with E-state index >= 15 is 0 Å². The quantitative estimate of drug-likeness (QED) is 0.646. The van der Waals surface area contributed by atoms with Crippen molar-refractivity contribution in [1.29, 1.82) is 0 Å². The normalized spacial score (nSPS) is 15.9. The number of amides is 1. The first-order chi connectivity index (χ1) is 8.75. The molecule has 4 nitrogen and oxygen atoms in total. The lowest BCUT2D eigenvalue weighted by molar-refractivity contribution is -0.131. The summed E-state index contributed by atoms with van der Waals surface area (Å²) in [5.74, 6) is 1.20. The van der Waals surface area contributed by atoms with E-state index in [1.54, 1.807) is 0 Å². The molecule has 1 aliphatic heterocycles. The molecule has 1 aliphatic rings. The Balaban J connectivity index is 1.61. The van der Waals surface area contributed by atoms with E-state index in [4.69, 9.17) is 4.42 Å². The Kier molecular flexibility index (Phi) is 5.49. The summed E-state index contributed by atoms with van der Waals surface area (Å²) in [5, 5.41) is 3.24. The second-order valence-electron chi connectivity index (χ2n) is 4.57. The summed E-state index contributed by atoms with van der Waals surface area (Å²) in [4.78, 5) is 13.9. The highest BCUT2D eigenvalue weighted by Gasteiger charge is 2.15. The molecule has 0 spiro atoms. The van der Waals surface area contributed by atoms with Gasteiger partial charge in [-0.05, 0) is 54.0 Å². The fourth-order valence-corrected chi connectivity index (χ4v) is 2.62. The van der Waals surface area contributed by atoms with Crippen LogP contribution in [-0.4, -0.2) is 30.4 Å². The molecule has 5 heteroatoms. The van der Waals surface area contributed by atoms with Gasteiger partial charge in [0.15, 0.2) is 3.77 Å². The molecular weight excluding hydrogens is 343 g/mol. The molecule has 18 heavy (non-hydrogen) atoms. The molecule has 0 aliphatic carbocycles. The van der Waals surface area contributed by atoms with Crippen molar-refractivity contribution in [2.45, 2.75) is 32.2 Å². The number of piperidine rings is 1. The van der Waals surface area contributed by atoms with Crippen LogP contribution in [0.5, 0.6) is 0 Å². The maximum absolute atomic E-state index is 11.9. The number of nitrogens with zero attached hydrogens (tertiary/aromatic N) is 1. The Morgan fingerprint density at radius 1 is 1.33 bits per heavy atom. The zero-order valence-corrected chi connectivity index (χ0v) is 12.6. The highest BCUT2D eigenvalue weighted by atomic mass is 127. The van der Waals surface area contributed by atoms with Crippen LogP contribution in [0.1, 0.15) is 31.4 Å². The van der Waals surface area contributed by atoms with Crippen molar-refractivity contribution >= 4 is 28.5 Å². The molecular formula is C13H19IN2O2. The molecule has 0 bridgehead atoms. The Morgan fingerprint density at radius 2 is 2.11 bits per heavy atom. The van der Waals surface area contributed by atoms with E-state index < -0.39 is 0 Å². The number of carbonyl (C=O) groups excluding carboxylic acids is 1. The number of hydrogen-bond donors (Lipinski definition) is 1. The average Bonchev–Trinajstić information content (AvgIpc) is 2.81. The van der Waals surface area contributed by atoms with Crippen LogP contribution in [0.25, 0.3) is 0 Å². The van der Waals surface area contributed by atoms with E-state index in [0.717, 1.165) is 35.5 Å². The molecule has 0 aromatic carbocycles. The molecule has 100 valence electrons. The summed E-state index contributed by atoms with van der Waals surface area (Å²) in [5.41, 5.74) is 0. The largest absolute Gasteiger partial charge is 0.454 e. The maximum Gasteiger partial charge on any atom is 0.223 e. The summed E-state index contributed by atoms with van der Waals surface area (Å²) in [6, 6.07) is 3.90. The van der Waals surface area contributed by atoms with Gasteiger partial charge >= 0.3 is 0 Å². The molecule has 2 heterocycles. The minimum atomic E-state index is 0.274. The molecule has 1 saturated heterocycles. The molecule has 1 N–H and O–H groups in total. The summed E-state index contributed by atoms with van der Waals surface area (Å²) >= 11 is 2.15. The van der Waals surface area contributed by atoms with E-state index in [1.807, 2.05) is 17.0 Å². The lowest BCUT2D eigenvalue weighted by atomic mass is 10.1. The number of rotatable bonds is 5. The van der Waals surface area contributed by atoms with Gasteiger partial charge in [-0.2, -0.15) is 0 Å². The van der Waals surface area contributed by atoms with Crippen LogP contribution < -0.4 is 5.32 Å². The smallest absolute Gasteiger partial charge is 0.223 e. The van der Waals surface area contributed by atoms with E-state index in [-0.39, 0.29) is 5.91 Å². The molecule has 0 radical (unpaired) electrons. The monoisotopic (exact) mass is 362 g/mol. The van der Waals surface area contributed by atoms with Gasteiger partial charge in [-0.1, -0.05) is 0 Å². The van der Waals surface area contributed by atoms with Crippen LogP contribution in [0.4, 0.5) is 0 Å². The van der Waals surface area contributed by atoms with E-state index in [2.05, 4.69) is 27.9 Å². The van der Waals surface area contributed by atoms with Crippen molar-refractivity contribution < 1.29 is 9.21 Å². The van der Waals surface area contributed by atoms with Gasteiger partial charge < -0.3 is 14.6 Å². The second-order valence-corrected chi connectivity index (χ2v) is 5.64. The summed E-state index contributed by atoms with van der Waals surface area (Å²) in [7, 11) is 0. The molecule has 0 saturated carbocycles. The lowest BCUT2D eigenvalue weighted by Crippen LogP contribution is -2.37. The third-order valence-electron chi connectivity index (χ3n) is 3.15. The second kappa shape index (κ2) is 7.13. The fraction of sp³-hybridized carbons (Fsp3) is 0.615. The van der Waals surface area contributed by atoms with Crippen molar-refractivity contribution in [2.75, 3.05) is 19.6 Å². The van der Waals surface area contributed by atoms with Gasteiger partial charge in [-0.3, -0.25) is 4.79 Å². The SMILES string of the molecule is O=C(CCNCc1ccc(I)o1)N1CCCCC1. The van der Waals surface area contributed by atoms with Gasteiger partial charge in [0, 0.05) is 26.1 Å². The minimum Gasteiger partial charge on any atom is -0.454 e. The van der Waals surface area contributed by atoms with Crippen molar-refractivity contribution in [3.05, 3.63) is 21.7 Å². The fourth-order valence-electron chi connectivity index (χ4n) is 2.16. The molecule has 1 fully saturated rings. The maximum atomic E-state index is 11.9. The first-order valence-electron chi connectivity index (χ1n) is 6.48. The summed E-state index contributed by atoms with van der Waals surface area (Å²) < 4.78 is 6.33. The van der Waals surface area contributed by atoms with Crippen molar-refractivity contribution in [3.8, 4) is 0 Å². The number of furan rings is 1. The summed E-state index contributed by atoms with van der Waals surface area (Å²) in [6.07, 6.45) is 4.16. The average molecular weight is 362 g/mol. The predicted octanol–water partition coefficient (Wildman–Crippen LogP) is 2.38. The van der Waals surface area contributed by atoms with E-state index in [0.29, 0.717) is 19.5 Å². The standard InChI is InChI=1S/C13H19IN2O2/c14-12-5-4-11(18-12)10-15-7-6-13(17)16-8-2-1-3-9-16/h4-5,15H,1-3,6-10H2. The number of nitrogens with one attached hydrogen (secondary N) is 1. The van der Waals surface area contributed by atoms with Crippen molar-refractivity contribution in [1.82, 2.24) is 10.2 Å². The van der Waals surface area contributed by atoms with Gasteiger partial charge in [0.05, 0.1) is 6.54 Å². The molecule has 1 aromatic rings. The van der Waals surface area contributed by atoms with Crippen molar-refractivity contribution in [2.24, 2.45) is 0 Å². The first kappa shape index (κ1) is 13.9. The highest BCUT2D eigenvalue weighted by molar-refractivity contribution is 14.1. The Hall–Kier alpha value is -0.560. The lowest BCUT2D eigenvalue weighted by Gasteiger charge is -2.26. The van der Waals surface area contributed by atoms with Crippen LogP contribution in [0.3, 0.4) is 0 Å². The number of carbonyl (C=O) groups is 1. The number of hydrogen-bond acceptors (Lipinski definition) is 3. The third-order valence-corrected chi connectivity index (χ3v) is 3.73. The van der Waals surface area contributed by atoms with Crippen LogP contribution >= 0.6 is 22.6 Å². The third kappa shape index (κ3) is 4.28. The van der Waals surface area contributed by atoms with Crippen LogP contribution in [0.2, 0.25) is 0 Å².